The van der Waals surface area contributed by atoms with Crippen LogP contribution in [0.15, 0.2) is 41.8 Å². The monoisotopic (exact) mass is 296 g/mol. The minimum absolute atomic E-state index is 0.308. The molecule has 0 amide bonds. The van der Waals surface area contributed by atoms with Crippen molar-refractivity contribution < 1.29 is 8.42 Å². The first kappa shape index (κ1) is 16.9. The molecule has 0 bridgehead atoms. The highest BCUT2D eigenvalue weighted by atomic mass is 32.2. The Bertz CT molecular complexity index is 521. The van der Waals surface area contributed by atoms with Gasteiger partial charge in [0.15, 0.2) is 0 Å². The minimum atomic E-state index is -3.41. The molecule has 0 aromatic heterocycles. The Morgan fingerprint density at radius 2 is 1.90 bits per heavy atom. The molecule has 0 aliphatic rings. The molecule has 4 nitrogen and oxygen atoms in total. The van der Waals surface area contributed by atoms with E-state index < -0.39 is 10.0 Å². The van der Waals surface area contributed by atoms with Crippen LogP contribution in [0.3, 0.4) is 0 Å². The summed E-state index contributed by atoms with van der Waals surface area (Å²) < 4.78 is 25.7. The predicted octanol–water partition coefficient (Wildman–Crippen LogP) is 2.03. The fourth-order valence-electron chi connectivity index (χ4n) is 1.79. The molecule has 0 saturated heterocycles. The average Bonchev–Trinajstić information content (AvgIpc) is 2.39. The molecule has 20 heavy (non-hydrogen) atoms. The Balaban J connectivity index is 2.73. The maximum atomic E-state index is 12.2. The SMILES string of the molecule is C=CCN(C)S(=O)(=O)c1ccc(CCNC(C)C)cc1. The summed E-state index contributed by atoms with van der Waals surface area (Å²) in [4.78, 5) is 0.322. The Hall–Kier alpha value is -1.17. The number of rotatable bonds is 8. The van der Waals surface area contributed by atoms with Crippen molar-refractivity contribution in [2.45, 2.75) is 31.2 Å². The maximum absolute atomic E-state index is 12.2. The molecular formula is C15H24N2O2S. The summed E-state index contributed by atoms with van der Waals surface area (Å²) in [6.07, 6.45) is 2.46. The van der Waals surface area contributed by atoms with Crippen LogP contribution in [0.4, 0.5) is 0 Å². The zero-order chi connectivity index (χ0) is 15.2. The lowest BCUT2D eigenvalue weighted by molar-refractivity contribution is 0.499. The van der Waals surface area contributed by atoms with Crippen LogP contribution in [0, 0.1) is 0 Å². The van der Waals surface area contributed by atoms with Crippen LogP contribution in [0.25, 0.3) is 0 Å². The first-order valence-corrected chi connectivity index (χ1v) is 8.21. The molecule has 1 rings (SSSR count). The van der Waals surface area contributed by atoms with Crippen molar-refractivity contribution in [2.24, 2.45) is 0 Å². The summed E-state index contributed by atoms with van der Waals surface area (Å²) in [5, 5.41) is 3.34. The van der Waals surface area contributed by atoms with E-state index in [9.17, 15) is 8.42 Å². The van der Waals surface area contributed by atoms with Gasteiger partial charge in [0.2, 0.25) is 10.0 Å². The van der Waals surface area contributed by atoms with Crippen molar-refractivity contribution in [2.75, 3.05) is 20.1 Å². The summed E-state index contributed by atoms with van der Waals surface area (Å²) in [6.45, 7) is 8.96. The molecule has 0 radical (unpaired) electrons. The van der Waals surface area contributed by atoms with Crippen LogP contribution in [0.2, 0.25) is 0 Å². The van der Waals surface area contributed by atoms with Gasteiger partial charge in [-0.15, -0.1) is 6.58 Å². The standard InChI is InChI=1S/C15H24N2O2S/c1-5-12-17(4)20(18,19)15-8-6-14(7-9-15)10-11-16-13(2)3/h5-9,13,16H,1,10-12H2,2-4H3. The highest BCUT2D eigenvalue weighted by Crippen LogP contribution is 2.15. The van der Waals surface area contributed by atoms with Crippen molar-refractivity contribution >= 4 is 10.0 Å². The first-order valence-electron chi connectivity index (χ1n) is 6.77. The molecule has 0 spiro atoms. The van der Waals surface area contributed by atoms with Gasteiger partial charge in [-0.05, 0) is 30.7 Å². The van der Waals surface area contributed by atoms with E-state index in [1.165, 1.54) is 4.31 Å². The van der Waals surface area contributed by atoms with Gasteiger partial charge in [0.25, 0.3) is 0 Å². The summed E-state index contributed by atoms with van der Waals surface area (Å²) in [5.41, 5.74) is 1.13. The second kappa shape index (κ2) is 7.57. The van der Waals surface area contributed by atoms with E-state index in [1.54, 1.807) is 25.3 Å². The zero-order valence-electron chi connectivity index (χ0n) is 12.5. The van der Waals surface area contributed by atoms with Gasteiger partial charge in [-0.25, -0.2) is 8.42 Å². The first-order chi connectivity index (χ1) is 9.37. The number of likely N-dealkylation sites (N-methyl/N-ethyl adjacent to an activating group) is 1. The van der Waals surface area contributed by atoms with Crippen LogP contribution < -0.4 is 5.32 Å². The molecule has 112 valence electrons. The van der Waals surface area contributed by atoms with Gasteiger partial charge < -0.3 is 5.32 Å². The number of benzene rings is 1. The topological polar surface area (TPSA) is 49.4 Å². The molecular weight excluding hydrogens is 272 g/mol. The molecule has 0 atom stereocenters. The fourth-order valence-corrected chi connectivity index (χ4v) is 2.93. The highest BCUT2D eigenvalue weighted by molar-refractivity contribution is 7.89. The van der Waals surface area contributed by atoms with Gasteiger partial charge in [-0.3, -0.25) is 0 Å². The smallest absolute Gasteiger partial charge is 0.243 e. The van der Waals surface area contributed by atoms with Gasteiger partial charge >= 0.3 is 0 Å². The minimum Gasteiger partial charge on any atom is -0.314 e. The zero-order valence-corrected chi connectivity index (χ0v) is 13.3. The van der Waals surface area contributed by atoms with Gasteiger partial charge in [0.1, 0.15) is 0 Å². The molecule has 0 fully saturated rings. The molecule has 0 aliphatic heterocycles. The van der Waals surface area contributed by atoms with Crippen LogP contribution >= 0.6 is 0 Å². The second-order valence-electron chi connectivity index (χ2n) is 5.08. The van der Waals surface area contributed by atoms with E-state index in [0.29, 0.717) is 17.5 Å². The average molecular weight is 296 g/mol. The maximum Gasteiger partial charge on any atom is 0.243 e. The van der Waals surface area contributed by atoms with E-state index >= 15 is 0 Å². The summed E-state index contributed by atoms with van der Waals surface area (Å²) in [7, 11) is -1.85. The second-order valence-corrected chi connectivity index (χ2v) is 7.12. The van der Waals surface area contributed by atoms with E-state index in [0.717, 1.165) is 18.5 Å². The molecule has 0 unspecified atom stereocenters. The lowest BCUT2D eigenvalue weighted by Gasteiger charge is -2.15. The van der Waals surface area contributed by atoms with E-state index in [4.69, 9.17) is 0 Å². The summed E-state index contributed by atoms with van der Waals surface area (Å²) >= 11 is 0. The third-order valence-electron chi connectivity index (χ3n) is 2.98. The third kappa shape index (κ3) is 4.74. The quantitative estimate of drug-likeness (QED) is 0.747. The molecule has 1 aromatic carbocycles. The molecule has 1 N–H and O–H groups in total. The number of nitrogens with zero attached hydrogens (tertiary/aromatic N) is 1. The van der Waals surface area contributed by atoms with Gasteiger partial charge in [0, 0.05) is 19.6 Å². The number of hydrogen-bond donors (Lipinski definition) is 1. The van der Waals surface area contributed by atoms with E-state index in [1.807, 2.05) is 12.1 Å². The van der Waals surface area contributed by atoms with Gasteiger partial charge in [-0.1, -0.05) is 32.1 Å². The molecule has 0 heterocycles. The summed E-state index contributed by atoms with van der Waals surface area (Å²) in [6, 6.07) is 7.54. The number of sulfonamides is 1. The predicted molar refractivity (Wildman–Crippen MR) is 83.3 cm³/mol. The fraction of sp³-hybridized carbons (Fsp3) is 0.467. The van der Waals surface area contributed by atoms with Crippen LogP contribution in [-0.2, 0) is 16.4 Å². The van der Waals surface area contributed by atoms with Crippen molar-refractivity contribution in [3.63, 3.8) is 0 Å². The Labute approximate surface area is 122 Å². The lowest BCUT2D eigenvalue weighted by Crippen LogP contribution is -2.27. The van der Waals surface area contributed by atoms with Crippen LogP contribution in [0.5, 0.6) is 0 Å². The third-order valence-corrected chi connectivity index (χ3v) is 4.82. The largest absolute Gasteiger partial charge is 0.314 e. The van der Waals surface area contributed by atoms with Crippen molar-refractivity contribution in [1.29, 1.82) is 0 Å². The molecule has 0 saturated carbocycles. The number of nitrogens with one attached hydrogen (secondary N) is 1. The van der Waals surface area contributed by atoms with Gasteiger partial charge in [0.05, 0.1) is 4.90 Å². The number of hydrogen-bond acceptors (Lipinski definition) is 3. The molecule has 1 aromatic rings. The van der Waals surface area contributed by atoms with Crippen LogP contribution in [-0.4, -0.2) is 38.9 Å². The summed E-state index contributed by atoms with van der Waals surface area (Å²) in [5.74, 6) is 0. The molecule has 0 aliphatic carbocycles. The Morgan fingerprint density at radius 3 is 2.40 bits per heavy atom. The molecule has 5 heteroatoms. The van der Waals surface area contributed by atoms with Crippen molar-refractivity contribution in [3.8, 4) is 0 Å². The van der Waals surface area contributed by atoms with E-state index in [2.05, 4.69) is 25.7 Å². The van der Waals surface area contributed by atoms with E-state index in [-0.39, 0.29) is 0 Å². The lowest BCUT2D eigenvalue weighted by atomic mass is 10.1. The Morgan fingerprint density at radius 1 is 1.30 bits per heavy atom. The normalized spacial score (nSPS) is 12.1. The Kier molecular flexibility index (Phi) is 6.39. The van der Waals surface area contributed by atoms with Crippen molar-refractivity contribution in [3.05, 3.63) is 42.5 Å². The van der Waals surface area contributed by atoms with Crippen LogP contribution in [0.1, 0.15) is 19.4 Å². The van der Waals surface area contributed by atoms with Gasteiger partial charge in [-0.2, -0.15) is 4.31 Å². The van der Waals surface area contributed by atoms with Crippen molar-refractivity contribution in [1.82, 2.24) is 9.62 Å². The highest BCUT2D eigenvalue weighted by Gasteiger charge is 2.19.